The largest absolute Gasteiger partial charge is 0.479 e. The van der Waals surface area contributed by atoms with Crippen LogP contribution in [-0.2, 0) is 9.59 Å². The van der Waals surface area contributed by atoms with Gasteiger partial charge in [0.15, 0.2) is 5.60 Å². The molecule has 1 atom stereocenters. The van der Waals surface area contributed by atoms with Gasteiger partial charge >= 0.3 is 5.97 Å². The van der Waals surface area contributed by atoms with E-state index in [0.29, 0.717) is 17.8 Å². The van der Waals surface area contributed by atoms with Crippen LogP contribution in [0.15, 0.2) is 0 Å². The molecule has 5 nitrogen and oxygen atoms in total. The summed E-state index contributed by atoms with van der Waals surface area (Å²) in [6.45, 7) is 5.42. The number of rotatable bonds is 5. The molecule has 1 aliphatic rings. The van der Waals surface area contributed by atoms with E-state index in [2.05, 4.69) is 19.2 Å². The molecule has 0 heterocycles. The van der Waals surface area contributed by atoms with Crippen LogP contribution >= 0.6 is 0 Å². The fraction of sp³-hybridized carbons (Fsp3) is 0.857. The molecule has 0 bridgehead atoms. The van der Waals surface area contributed by atoms with Crippen molar-refractivity contribution in [3.8, 4) is 0 Å². The summed E-state index contributed by atoms with van der Waals surface area (Å²) in [7, 11) is 0. The van der Waals surface area contributed by atoms with Crippen LogP contribution in [0.3, 0.4) is 0 Å². The Morgan fingerprint density at radius 2 is 1.84 bits per heavy atom. The minimum atomic E-state index is -1.90. The van der Waals surface area contributed by atoms with E-state index in [0.717, 1.165) is 25.7 Å². The Bertz CT molecular complexity index is 339. The average molecular weight is 271 g/mol. The van der Waals surface area contributed by atoms with Crippen LogP contribution in [0, 0.1) is 11.3 Å². The highest BCUT2D eigenvalue weighted by Crippen LogP contribution is 2.39. The molecule has 5 heteroatoms. The molecule has 1 unspecified atom stereocenters. The first-order chi connectivity index (χ1) is 8.62. The van der Waals surface area contributed by atoms with Crippen LogP contribution in [-0.4, -0.2) is 34.2 Å². The number of aliphatic carboxylic acids is 1. The molecule has 0 aliphatic heterocycles. The van der Waals surface area contributed by atoms with Crippen LogP contribution in [0.25, 0.3) is 0 Å². The number of carboxylic acid groups (broad SMARTS) is 1. The van der Waals surface area contributed by atoms with Crippen LogP contribution in [0.4, 0.5) is 0 Å². The lowest BCUT2D eigenvalue weighted by Gasteiger charge is -2.34. The van der Waals surface area contributed by atoms with Gasteiger partial charge in [-0.1, -0.05) is 13.8 Å². The third-order valence-corrected chi connectivity index (χ3v) is 4.02. The van der Waals surface area contributed by atoms with Gasteiger partial charge in [-0.2, -0.15) is 0 Å². The summed E-state index contributed by atoms with van der Waals surface area (Å²) in [5, 5.41) is 20.7. The van der Waals surface area contributed by atoms with Crippen molar-refractivity contribution in [3.05, 3.63) is 0 Å². The lowest BCUT2D eigenvalue weighted by molar-refractivity contribution is -0.156. The second-order valence-electron chi connectivity index (χ2n) is 6.67. The summed E-state index contributed by atoms with van der Waals surface area (Å²) >= 11 is 0. The highest BCUT2D eigenvalue weighted by Gasteiger charge is 2.31. The minimum Gasteiger partial charge on any atom is -0.479 e. The molecule has 0 aromatic heterocycles. The van der Waals surface area contributed by atoms with E-state index in [4.69, 9.17) is 5.11 Å². The van der Waals surface area contributed by atoms with E-state index < -0.39 is 11.6 Å². The van der Waals surface area contributed by atoms with Gasteiger partial charge in [0.2, 0.25) is 5.91 Å². The number of aliphatic hydroxyl groups is 1. The number of amides is 1. The molecule has 1 rings (SSSR count). The third-order valence-electron chi connectivity index (χ3n) is 4.02. The van der Waals surface area contributed by atoms with Crippen molar-refractivity contribution in [2.75, 3.05) is 6.54 Å². The Hall–Kier alpha value is -1.10. The molecule has 110 valence electrons. The number of carbonyl (C=O) groups excluding carboxylic acids is 1. The fourth-order valence-electron chi connectivity index (χ4n) is 2.34. The maximum atomic E-state index is 11.7. The molecular weight excluding hydrogens is 246 g/mol. The predicted octanol–water partition coefficient (Wildman–Crippen LogP) is 1.54. The minimum absolute atomic E-state index is 0.175. The van der Waals surface area contributed by atoms with Crippen LogP contribution in [0.2, 0.25) is 0 Å². The number of hydrogen-bond acceptors (Lipinski definition) is 3. The summed E-state index contributed by atoms with van der Waals surface area (Å²) in [6.07, 6.45) is 4.74. The topological polar surface area (TPSA) is 86.6 Å². The second-order valence-corrected chi connectivity index (χ2v) is 6.67. The summed E-state index contributed by atoms with van der Waals surface area (Å²) in [5.74, 6) is -1.12. The molecule has 3 N–H and O–H groups in total. The van der Waals surface area contributed by atoms with Crippen molar-refractivity contribution in [1.29, 1.82) is 0 Å². The predicted molar refractivity (Wildman–Crippen MR) is 71.6 cm³/mol. The number of carbonyl (C=O) groups is 2. The first-order valence-corrected chi connectivity index (χ1v) is 6.85. The maximum Gasteiger partial charge on any atom is 0.337 e. The molecule has 0 saturated heterocycles. The second kappa shape index (κ2) is 5.90. The molecule has 1 amide bonds. The SMILES string of the molecule is CC1(C)CCC(CC(=O)NCC(C)(O)C(=O)O)CC1. The van der Waals surface area contributed by atoms with E-state index in [1.807, 2.05) is 0 Å². The lowest BCUT2D eigenvalue weighted by Crippen LogP contribution is -2.46. The Morgan fingerprint density at radius 3 is 2.32 bits per heavy atom. The lowest BCUT2D eigenvalue weighted by atomic mass is 9.72. The van der Waals surface area contributed by atoms with E-state index in [1.54, 1.807) is 0 Å². The van der Waals surface area contributed by atoms with Crippen LogP contribution in [0.5, 0.6) is 0 Å². The van der Waals surface area contributed by atoms with Gasteiger partial charge in [0, 0.05) is 6.42 Å². The summed E-state index contributed by atoms with van der Waals surface area (Å²) in [5.41, 5.74) is -1.52. The van der Waals surface area contributed by atoms with E-state index in [9.17, 15) is 14.7 Å². The molecule has 19 heavy (non-hydrogen) atoms. The van der Waals surface area contributed by atoms with Crippen molar-refractivity contribution in [1.82, 2.24) is 5.32 Å². The Kier molecular flexibility index (Phi) is 4.96. The molecular formula is C14H25NO4. The van der Waals surface area contributed by atoms with Gasteiger partial charge in [0.05, 0.1) is 6.54 Å². The first-order valence-electron chi connectivity index (χ1n) is 6.85. The highest BCUT2D eigenvalue weighted by molar-refractivity contribution is 5.80. The fourth-order valence-corrected chi connectivity index (χ4v) is 2.34. The smallest absolute Gasteiger partial charge is 0.337 e. The average Bonchev–Trinajstić information content (AvgIpc) is 2.29. The highest BCUT2D eigenvalue weighted by atomic mass is 16.4. The molecule has 0 radical (unpaired) electrons. The van der Waals surface area contributed by atoms with Crippen molar-refractivity contribution < 1.29 is 19.8 Å². The van der Waals surface area contributed by atoms with Gasteiger partial charge in [-0.3, -0.25) is 4.79 Å². The number of carboxylic acids is 1. The Labute approximate surface area is 114 Å². The normalized spacial score (nSPS) is 22.5. The van der Waals surface area contributed by atoms with Gasteiger partial charge in [-0.05, 0) is 43.9 Å². The Morgan fingerprint density at radius 1 is 1.32 bits per heavy atom. The van der Waals surface area contributed by atoms with Crippen molar-refractivity contribution in [3.63, 3.8) is 0 Å². The molecule has 0 aromatic carbocycles. The van der Waals surface area contributed by atoms with Crippen molar-refractivity contribution in [2.24, 2.45) is 11.3 Å². The zero-order valence-corrected chi connectivity index (χ0v) is 12.0. The summed E-state index contributed by atoms with van der Waals surface area (Å²) in [6, 6.07) is 0. The van der Waals surface area contributed by atoms with E-state index in [-0.39, 0.29) is 12.5 Å². The van der Waals surface area contributed by atoms with Gasteiger partial charge in [0.1, 0.15) is 0 Å². The zero-order chi connectivity index (χ0) is 14.7. The maximum absolute atomic E-state index is 11.7. The molecule has 1 saturated carbocycles. The Balaban J connectivity index is 2.31. The monoisotopic (exact) mass is 271 g/mol. The van der Waals surface area contributed by atoms with Crippen LogP contribution < -0.4 is 5.32 Å². The third kappa shape index (κ3) is 5.19. The van der Waals surface area contributed by atoms with E-state index in [1.165, 1.54) is 6.92 Å². The standard InChI is InChI=1S/C14H25NO4/c1-13(2)6-4-10(5-7-13)8-11(16)15-9-14(3,19)12(17)18/h10,19H,4-9H2,1-3H3,(H,15,16)(H,17,18). The van der Waals surface area contributed by atoms with Gasteiger partial charge < -0.3 is 15.5 Å². The van der Waals surface area contributed by atoms with Crippen molar-refractivity contribution in [2.45, 2.75) is 58.5 Å². The summed E-state index contributed by atoms with van der Waals surface area (Å²) in [4.78, 5) is 22.4. The van der Waals surface area contributed by atoms with Crippen LogP contribution in [0.1, 0.15) is 52.9 Å². The molecule has 1 fully saturated rings. The number of hydrogen-bond donors (Lipinski definition) is 3. The van der Waals surface area contributed by atoms with Gasteiger partial charge in [0.25, 0.3) is 0 Å². The van der Waals surface area contributed by atoms with Gasteiger partial charge in [-0.15, -0.1) is 0 Å². The number of nitrogens with one attached hydrogen (secondary N) is 1. The summed E-state index contributed by atoms with van der Waals surface area (Å²) < 4.78 is 0. The van der Waals surface area contributed by atoms with E-state index >= 15 is 0 Å². The molecule has 0 aromatic rings. The molecule has 1 aliphatic carbocycles. The quantitative estimate of drug-likeness (QED) is 0.708. The first kappa shape index (κ1) is 16.0. The van der Waals surface area contributed by atoms with Gasteiger partial charge in [-0.25, -0.2) is 4.79 Å². The zero-order valence-electron chi connectivity index (χ0n) is 12.0. The van der Waals surface area contributed by atoms with Crippen molar-refractivity contribution >= 4 is 11.9 Å². The molecule has 0 spiro atoms.